The van der Waals surface area contributed by atoms with Crippen molar-refractivity contribution in [3.05, 3.63) is 65.5 Å². The van der Waals surface area contributed by atoms with Crippen molar-refractivity contribution in [1.82, 2.24) is 5.32 Å². The lowest BCUT2D eigenvalue weighted by molar-refractivity contribution is 0.536. The lowest BCUT2D eigenvalue weighted by Gasteiger charge is -2.31. The summed E-state index contributed by atoms with van der Waals surface area (Å²) in [5, 5.41) is 3.32. The molecule has 0 aromatic heterocycles. The molecule has 0 saturated carbocycles. The zero-order valence-electron chi connectivity index (χ0n) is 11.9. The van der Waals surface area contributed by atoms with E-state index in [1.165, 1.54) is 17.7 Å². The average Bonchev–Trinajstić information content (AvgIpc) is 2.99. The van der Waals surface area contributed by atoms with Crippen molar-refractivity contribution in [2.24, 2.45) is 0 Å². The van der Waals surface area contributed by atoms with Gasteiger partial charge in [-0.2, -0.15) is 0 Å². The molecule has 2 atom stereocenters. The quantitative estimate of drug-likeness (QED) is 0.884. The molecular weight excluding hydrogens is 285 g/mol. The number of hydrogen-bond donors (Lipinski definition) is 1. The van der Waals surface area contributed by atoms with Crippen LogP contribution in [0.3, 0.4) is 0 Å². The molecule has 4 heteroatoms. The molecule has 110 valence electrons. The van der Waals surface area contributed by atoms with Crippen LogP contribution in [0.4, 0.5) is 4.39 Å². The molecule has 2 aromatic carbocycles. The highest BCUT2D eigenvalue weighted by Crippen LogP contribution is 2.40. The molecule has 2 aromatic rings. The van der Waals surface area contributed by atoms with Crippen LogP contribution in [0, 0.1) is 12.7 Å². The second-order valence-corrected chi connectivity index (χ2v) is 7.30. The van der Waals surface area contributed by atoms with Crippen LogP contribution in [0.2, 0.25) is 0 Å². The van der Waals surface area contributed by atoms with Crippen LogP contribution < -0.4 is 5.32 Å². The zero-order chi connectivity index (χ0) is 14.9. The van der Waals surface area contributed by atoms with Gasteiger partial charge < -0.3 is 9.87 Å². The Bertz CT molecular complexity index is 606. The maximum absolute atomic E-state index is 13.1. The van der Waals surface area contributed by atoms with E-state index in [1.54, 1.807) is 12.1 Å². The first-order valence-corrected chi connectivity index (χ1v) is 8.22. The summed E-state index contributed by atoms with van der Waals surface area (Å²) < 4.78 is 25.8. The number of hydrogen-bond acceptors (Lipinski definition) is 2. The maximum atomic E-state index is 13.1. The van der Waals surface area contributed by atoms with E-state index < -0.39 is 15.9 Å². The molecule has 0 amide bonds. The Morgan fingerprint density at radius 3 is 2.33 bits per heavy atom. The Hall–Kier alpha value is -1.36. The van der Waals surface area contributed by atoms with Gasteiger partial charge in [0.05, 0.1) is 6.54 Å². The molecule has 0 bridgehead atoms. The zero-order valence-corrected chi connectivity index (χ0v) is 12.8. The van der Waals surface area contributed by atoms with Crippen LogP contribution in [0.25, 0.3) is 0 Å². The van der Waals surface area contributed by atoms with E-state index >= 15 is 0 Å². The first-order chi connectivity index (χ1) is 10.1. The predicted molar refractivity (Wildman–Crippen MR) is 83.2 cm³/mol. The fourth-order valence-electron chi connectivity index (χ4n) is 2.82. The summed E-state index contributed by atoms with van der Waals surface area (Å²) in [6, 6.07) is 14.2. The molecule has 1 unspecified atom stereocenters. The summed E-state index contributed by atoms with van der Waals surface area (Å²) in [7, 11) is 0. The minimum absolute atomic E-state index is 0.301. The highest BCUT2D eigenvalue weighted by molar-refractivity contribution is 7.92. The first-order valence-electron chi connectivity index (χ1n) is 7.07. The van der Waals surface area contributed by atoms with E-state index in [0.717, 1.165) is 18.5 Å². The largest absolute Gasteiger partial charge is 0.611 e. The minimum Gasteiger partial charge on any atom is -0.611 e. The molecule has 1 aliphatic rings. The number of rotatable bonds is 3. The van der Waals surface area contributed by atoms with Crippen LogP contribution in [-0.2, 0) is 15.9 Å². The van der Waals surface area contributed by atoms with E-state index in [0.29, 0.717) is 11.4 Å². The van der Waals surface area contributed by atoms with Crippen LogP contribution in [0.5, 0.6) is 0 Å². The second-order valence-electron chi connectivity index (χ2n) is 5.51. The van der Waals surface area contributed by atoms with Gasteiger partial charge in [0.25, 0.3) is 0 Å². The van der Waals surface area contributed by atoms with Crippen molar-refractivity contribution in [2.45, 2.75) is 23.0 Å². The van der Waals surface area contributed by atoms with Gasteiger partial charge in [0, 0.05) is 18.5 Å². The van der Waals surface area contributed by atoms with Gasteiger partial charge in [-0.15, -0.1) is 0 Å². The Morgan fingerprint density at radius 1 is 1.10 bits per heavy atom. The third kappa shape index (κ3) is 2.71. The van der Waals surface area contributed by atoms with Crippen molar-refractivity contribution in [2.75, 3.05) is 13.1 Å². The molecule has 21 heavy (non-hydrogen) atoms. The minimum atomic E-state index is -1.21. The van der Waals surface area contributed by atoms with Gasteiger partial charge in [0.1, 0.15) is 5.82 Å². The van der Waals surface area contributed by atoms with Gasteiger partial charge in [-0.3, -0.25) is 0 Å². The van der Waals surface area contributed by atoms with E-state index in [9.17, 15) is 8.94 Å². The summed E-state index contributed by atoms with van der Waals surface area (Å²) in [6.07, 6.45) is 0.819. The standard InChI is InChI=1S/C17H18FNOS/c1-13-2-4-14(5-3-13)17(10-11-19-12-17)21(20)16-8-6-15(18)7-9-16/h2-9,19H,10-12H2,1H3/t17-,21?/m0/s1. The van der Waals surface area contributed by atoms with Crippen molar-refractivity contribution >= 4 is 11.2 Å². The molecule has 1 aliphatic heterocycles. The van der Waals surface area contributed by atoms with Crippen molar-refractivity contribution < 1.29 is 8.94 Å². The molecule has 1 saturated heterocycles. The Kier molecular flexibility index (Phi) is 4.02. The molecule has 1 heterocycles. The van der Waals surface area contributed by atoms with Crippen molar-refractivity contribution in [3.8, 4) is 0 Å². The van der Waals surface area contributed by atoms with Gasteiger partial charge in [-0.25, -0.2) is 4.39 Å². The Labute approximate surface area is 127 Å². The molecule has 3 rings (SSSR count). The SMILES string of the molecule is Cc1ccc([C@]2([S+]([O-])c3ccc(F)cc3)CCNC2)cc1. The highest BCUT2D eigenvalue weighted by Gasteiger charge is 2.47. The molecule has 1 fully saturated rings. The lowest BCUT2D eigenvalue weighted by Crippen LogP contribution is -2.38. The third-order valence-corrected chi connectivity index (χ3v) is 6.07. The average molecular weight is 303 g/mol. The normalized spacial score (nSPS) is 23.2. The Balaban J connectivity index is 2.00. The summed E-state index contributed by atoms with van der Waals surface area (Å²) in [4.78, 5) is 0.681. The highest BCUT2D eigenvalue weighted by atomic mass is 32.2. The van der Waals surface area contributed by atoms with Crippen molar-refractivity contribution in [3.63, 3.8) is 0 Å². The summed E-state index contributed by atoms with van der Waals surface area (Å²) in [5.74, 6) is -0.301. The molecule has 0 radical (unpaired) electrons. The fourth-order valence-corrected chi connectivity index (χ4v) is 4.53. The maximum Gasteiger partial charge on any atom is 0.169 e. The molecular formula is C17H18FNOS. The lowest BCUT2D eigenvalue weighted by atomic mass is 9.96. The van der Waals surface area contributed by atoms with Crippen LogP contribution >= 0.6 is 0 Å². The van der Waals surface area contributed by atoms with Gasteiger partial charge in [-0.1, -0.05) is 29.8 Å². The van der Waals surface area contributed by atoms with E-state index in [1.807, 2.05) is 6.92 Å². The first kappa shape index (κ1) is 14.6. The van der Waals surface area contributed by atoms with E-state index in [-0.39, 0.29) is 5.82 Å². The van der Waals surface area contributed by atoms with Crippen molar-refractivity contribution in [1.29, 1.82) is 0 Å². The second kappa shape index (κ2) is 5.79. The predicted octanol–water partition coefficient (Wildman–Crippen LogP) is 3.13. The topological polar surface area (TPSA) is 35.1 Å². The Morgan fingerprint density at radius 2 is 1.76 bits per heavy atom. The van der Waals surface area contributed by atoms with Gasteiger partial charge >= 0.3 is 0 Å². The summed E-state index contributed by atoms with van der Waals surface area (Å²) >= 11 is -1.21. The van der Waals surface area contributed by atoms with Crippen LogP contribution in [0.1, 0.15) is 17.5 Å². The molecule has 2 nitrogen and oxygen atoms in total. The van der Waals surface area contributed by atoms with E-state index in [2.05, 4.69) is 29.6 Å². The van der Waals surface area contributed by atoms with Gasteiger partial charge in [0.15, 0.2) is 9.64 Å². The molecule has 0 spiro atoms. The number of benzene rings is 2. The molecule has 0 aliphatic carbocycles. The third-order valence-electron chi connectivity index (χ3n) is 4.08. The summed E-state index contributed by atoms with van der Waals surface area (Å²) in [5.41, 5.74) is 2.27. The number of aryl methyl sites for hydroxylation is 1. The van der Waals surface area contributed by atoms with Gasteiger partial charge in [0.2, 0.25) is 0 Å². The van der Waals surface area contributed by atoms with E-state index in [4.69, 9.17) is 0 Å². The smallest absolute Gasteiger partial charge is 0.169 e. The number of nitrogens with one attached hydrogen (secondary N) is 1. The van der Waals surface area contributed by atoms with Gasteiger partial charge in [-0.05, 0) is 42.4 Å². The number of halogens is 1. The monoisotopic (exact) mass is 303 g/mol. The molecule has 1 N–H and O–H groups in total. The van der Waals surface area contributed by atoms with Crippen LogP contribution in [0.15, 0.2) is 53.4 Å². The van der Waals surface area contributed by atoms with Crippen LogP contribution in [-0.4, -0.2) is 17.6 Å². The fraction of sp³-hybridized carbons (Fsp3) is 0.294. The summed E-state index contributed by atoms with van der Waals surface area (Å²) in [6.45, 7) is 3.57.